The van der Waals surface area contributed by atoms with Gasteiger partial charge in [0.25, 0.3) is 0 Å². The molecule has 0 aliphatic carbocycles. The highest BCUT2D eigenvalue weighted by Gasteiger charge is 2.01. The fourth-order valence-corrected chi connectivity index (χ4v) is 4.56. The van der Waals surface area contributed by atoms with E-state index in [0.717, 1.165) is 11.0 Å². The van der Waals surface area contributed by atoms with Crippen LogP contribution < -0.4 is 12.4 Å². The van der Waals surface area contributed by atoms with Gasteiger partial charge in [-0.05, 0) is 18.9 Å². The largest absolute Gasteiger partial charge is 1.00 e. The number of quaternary nitrogens is 1. The Morgan fingerprint density at radius 3 is 0.939 bits per heavy atom. The first kappa shape index (κ1) is 35.2. The Bertz CT molecular complexity index is 372. The van der Waals surface area contributed by atoms with Crippen molar-refractivity contribution in [2.45, 2.75) is 161 Å². The van der Waals surface area contributed by atoms with Gasteiger partial charge in [0, 0.05) is 0 Å². The van der Waals surface area contributed by atoms with Gasteiger partial charge < -0.3 is 16.9 Å². The minimum Gasteiger partial charge on any atom is -1.00 e. The predicted octanol–water partition coefficient (Wildman–Crippen LogP) is 7.64. The monoisotopic (exact) mass is 485 g/mol. The van der Waals surface area contributed by atoms with Gasteiger partial charge in [-0.1, -0.05) is 154 Å². The maximum atomic E-state index is 2.39. The molecular weight excluding hydrogens is 422 g/mol. The van der Waals surface area contributed by atoms with Gasteiger partial charge in [0.05, 0.1) is 27.7 Å². The summed E-state index contributed by atoms with van der Waals surface area (Å²) in [7, 11) is 6.76. The van der Waals surface area contributed by atoms with E-state index < -0.39 is 0 Å². The van der Waals surface area contributed by atoms with Gasteiger partial charge in [-0.3, -0.25) is 0 Å². The summed E-state index contributed by atoms with van der Waals surface area (Å²) in [6.07, 6.45) is 39.7. The van der Waals surface area contributed by atoms with Crippen LogP contribution in [-0.2, 0) is 0 Å². The molecular formula is C31H64ClN. The molecule has 0 aromatic carbocycles. The van der Waals surface area contributed by atoms with E-state index in [0.29, 0.717) is 0 Å². The molecule has 0 unspecified atom stereocenters. The van der Waals surface area contributed by atoms with E-state index in [1.165, 1.54) is 154 Å². The average Bonchev–Trinajstić information content (AvgIpc) is 2.75. The summed E-state index contributed by atoms with van der Waals surface area (Å²) < 4.78 is 1.04. The first-order valence-electron chi connectivity index (χ1n) is 15.0. The Morgan fingerprint density at radius 1 is 0.394 bits per heavy atom. The molecule has 0 N–H and O–H groups in total. The number of unbranched alkanes of at least 4 members (excludes halogenated alkanes) is 23. The quantitative estimate of drug-likeness (QED) is 0.0670. The molecule has 0 rings (SSSR count). The highest BCUT2D eigenvalue weighted by molar-refractivity contribution is 4.81. The van der Waals surface area contributed by atoms with Crippen LogP contribution in [-0.4, -0.2) is 32.2 Å². The summed E-state index contributed by atoms with van der Waals surface area (Å²) in [5.41, 5.74) is 0. The number of hydrogen-bond acceptors (Lipinski definition) is 0. The molecule has 0 heterocycles. The molecule has 0 aliphatic heterocycles. The first-order chi connectivity index (χ1) is 15.6. The lowest BCUT2D eigenvalue weighted by Crippen LogP contribution is -3.00. The zero-order valence-corrected chi connectivity index (χ0v) is 24.4. The second-order valence-corrected chi connectivity index (χ2v) is 11.5. The van der Waals surface area contributed by atoms with Gasteiger partial charge in [-0.25, -0.2) is 0 Å². The second-order valence-electron chi connectivity index (χ2n) is 11.5. The third kappa shape index (κ3) is 34.2. The minimum absolute atomic E-state index is 0. The fourth-order valence-electron chi connectivity index (χ4n) is 4.56. The summed E-state index contributed by atoms with van der Waals surface area (Å²) in [6.45, 7) is 3.46. The van der Waals surface area contributed by atoms with Gasteiger partial charge in [0.1, 0.15) is 0 Å². The van der Waals surface area contributed by atoms with Gasteiger partial charge >= 0.3 is 0 Å². The van der Waals surface area contributed by atoms with Crippen molar-refractivity contribution < 1.29 is 16.9 Å². The molecule has 2 heteroatoms. The van der Waals surface area contributed by atoms with E-state index >= 15 is 0 Å². The summed E-state index contributed by atoms with van der Waals surface area (Å²) >= 11 is 0. The van der Waals surface area contributed by atoms with Crippen LogP contribution in [0.25, 0.3) is 0 Å². The average molecular weight is 486 g/mol. The Balaban J connectivity index is 0. The lowest BCUT2D eigenvalue weighted by atomic mass is 10.0. The van der Waals surface area contributed by atoms with Crippen molar-refractivity contribution in [3.63, 3.8) is 0 Å². The lowest BCUT2D eigenvalue weighted by molar-refractivity contribution is -0.864. The maximum absolute atomic E-state index is 2.39. The van der Waals surface area contributed by atoms with Crippen molar-refractivity contribution in [3.05, 3.63) is 12.2 Å². The van der Waals surface area contributed by atoms with Crippen molar-refractivity contribution in [1.82, 2.24) is 0 Å². The van der Waals surface area contributed by atoms with E-state index in [1.54, 1.807) is 0 Å². The SMILES string of the molecule is CCCCCCCCCCCCCCCCCCCCCCCCC/C=C/C[N+](C)(C)C.[Cl-]. The first-order valence-corrected chi connectivity index (χ1v) is 15.0. The van der Waals surface area contributed by atoms with Gasteiger partial charge in [-0.15, -0.1) is 0 Å². The molecule has 0 aliphatic rings. The molecule has 0 aromatic rings. The molecule has 0 saturated heterocycles. The van der Waals surface area contributed by atoms with Gasteiger partial charge in [0.2, 0.25) is 0 Å². The van der Waals surface area contributed by atoms with Crippen molar-refractivity contribution >= 4 is 0 Å². The van der Waals surface area contributed by atoms with Crippen molar-refractivity contribution in [2.24, 2.45) is 0 Å². The number of allylic oxidation sites excluding steroid dienone is 1. The van der Waals surface area contributed by atoms with E-state index in [-0.39, 0.29) is 12.4 Å². The van der Waals surface area contributed by atoms with Crippen LogP contribution in [0.15, 0.2) is 12.2 Å². The summed E-state index contributed by atoms with van der Waals surface area (Å²) in [5, 5.41) is 0. The Kier molecular flexibility index (Phi) is 30.1. The zero-order valence-electron chi connectivity index (χ0n) is 23.7. The summed E-state index contributed by atoms with van der Waals surface area (Å²) in [4.78, 5) is 0. The number of nitrogens with zero attached hydrogens (tertiary/aromatic N) is 1. The van der Waals surface area contributed by atoms with Gasteiger partial charge in [-0.2, -0.15) is 0 Å². The van der Waals surface area contributed by atoms with Crippen LogP contribution in [0.3, 0.4) is 0 Å². The molecule has 0 spiro atoms. The van der Waals surface area contributed by atoms with Crippen molar-refractivity contribution in [2.75, 3.05) is 27.7 Å². The summed E-state index contributed by atoms with van der Waals surface area (Å²) in [5.74, 6) is 0. The Morgan fingerprint density at radius 2 is 0.667 bits per heavy atom. The molecule has 200 valence electrons. The Labute approximate surface area is 217 Å². The van der Waals surface area contributed by atoms with Gasteiger partial charge in [0.15, 0.2) is 0 Å². The fraction of sp³-hybridized carbons (Fsp3) is 0.935. The maximum Gasteiger partial charge on any atom is 0.0967 e. The standard InChI is InChI=1S/C31H64N.ClH/c1-5-6-7-8-9-10-11-12-13-14-15-16-17-18-19-20-21-22-23-24-25-26-27-28-29-30-31-32(2,3)4;/h29-30H,5-28,31H2,1-4H3;1H/q+1;/p-1/b30-29+;. The molecule has 0 bridgehead atoms. The number of rotatable bonds is 26. The third-order valence-corrected chi connectivity index (χ3v) is 6.79. The topological polar surface area (TPSA) is 0 Å². The van der Waals surface area contributed by atoms with Crippen LogP contribution in [0.4, 0.5) is 0 Å². The van der Waals surface area contributed by atoms with E-state index in [1.807, 2.05) is 0 Å². The van der Waals surface area contributed by atoms with E-state index in [2.05, 4.69) is 40.2 Å². The molecule has 1 nitrogen and oxygen atoms in total. The smallest absolute Gasteiger partial charge is 0.0967 e. The predicted molar refractivity (Wildman–Crippen MR) is 149 cm³/mol. The van der Waals surface area contributed by atoms with Crippen LogP contribution in [0.5, 0.6) is 0 Å². The molecule has 0 aromatic heterocycles. The summed E-state index contributed by atoms with van der Waals surface area (Å²) in [6, 6.07) is 0. The second kappa shape index (κ2) is 28.2. The van der Waals surface area contributed by atoms with Crippen LogP contribution >= 0.6 is 0 Å². The number of hydrogen-bond donors (Lipinski definition) is 0. The minimum atomic E-state index is 0. The Hall–Kier alpha value is -0.0100. The third-order valence-electron chi connectivity index (χ3n) is 6.79. The zero-order chi connectivity index (χ0) is 23.6. The molecule has 0 saturated carbocycles. The number of likely N-dealkylation sites (N-methyl/N-ethyl adjacent to an activating group) is 1. The molecule has 0 fully saturated rings. The van der Waals surface area contributed by atoms with Crippen molar-refractivity contribution in [3.8, 4) is 0 Å². The van der Waals surface area contributed by atoms with Crippen LogP contribution in [0.2, 0.25) is 0 Å². The van der Waals surface area contributed by atoms with E-state index in [9.17, 15) is 0 Å². The van der Waals surface area contributed by atoms with Crippen LogP contribution in [0.1, 0.15) is 161 Å². The highest BCUT2D eigenvalue weighted by Crippen LogP contribution is 2.15. The molecule has 0 atom stereocenters. The molecule has 0 amide bonds. The van der Waals surface area contributed by atoms with E-state index in [4.69, 9.17) is 0 Å². The molecule has 33 heavy (non-hydrogen) atoms. The number of halogens is 1. The lowest BCUT2D eigenvalue weighted by Gasteiger charge is -2.21. The normalized spacial score (nSPS) is 11.9. The van der Waals surface area contributed by atoms with Crippen molar-refractivity contribution in [1.29, 1.82) is 0 Å². The highest BCUT2D eigenvalue weighted by atomic mass is 35.5. The van der Waals surface area contributed by atoms with Crippen LogP contribution in [0, 0.1) is 0 Å². The molecule has 0 radical (unpaired) electrons.